The highest BCUT2D eigenvalue weighted by Crippen LogP contribution is 2.28. The van der Waals surface area contributed by atoms with Crippen molar-refractivity contribution in [2.75, 3.05) is 13.1 Å². The Labute approximate surface area is 137 Å². The molecule has 1 aliphatic carbocycles. The van der Waals surface area contributed by atoms with Crippen molar-refractivity contribution in [2.45, 2.75) is 97.2 Å². The van der Waals surface area contributed by atoms with Gasteiger partial charge in [0.1, 0.15) is 5.60 Å². The maximum atomic E-state index is 12.2. The summed E-state index contributed by atoms with van der Waals surface area (Å²) in [6.07, 6.45) is 8.53. The summed E-state index contributed by atoms with van der Waals surface area (Å²) < 4.78 is 5.51. The summed E-state index contributed by atoms with van der Waals surface area (Å²) >= 11 is 0. The summed E-state index contributed by atoms with van der Waals surface area (Å²) in [5, 5.41) is 3.54. The van der Waals surface area contributed by atoms with E-state index < -0.39 is 5.60 Å². The van der Waals surface area contributed by atoms with Gasteiger partial charge < -0.3 is 15.0 Å². The predicted molar refractivity (Wildman–Crippen MR) is 92.2 cm³/mol. The van der Waals surface area contributed by atoms with Crippen LogP contribution >= 0.6 is 0 Å². The van der Waals surface area contributed by atoms with E-state index in [1.807, 2.05) is 25.7 Å². The van der Waals surface area contributed by atoms with Crippen LogP contribution in [0.15, 0.2) is 0 Å². The molecule has 0 saturated heterocycles. The topological polar surface area (TPSA) is 41.6 Å². The molecule has 4 nitrogen and oxygen atoms in total. The number of carbonyl (C=O) groups is 1. The smallest absolute Gasteiger partial charge is 0.410 e. The Kier molecular flexibility index (Phi) is 8.23. The number of hydrogen-bond acceptors (Lipinski definition) is 3. The molecule has 0 spiro atoms. The van der Waals surface area contributed by atoms with Crippen LogP contribution in [0.5, 0.6) is 0 Å². The van der Waals surface area contributed by atoms with E-state index in [-0.39, 0.29) is 6.09 Å². The highest BCUT2D eigenvalue weighted by Gasteiger charge is 2.34. The van der Waals surface area contributed by atoms with Crippen LogP contribution in [0.3, 0.4) is 0 Å². The number of rotatable bonds is 10. The van der Waals surface area contributed by atoms with E-state index in [1.54, 1.807) is 0 Å². The van der Waals surface area contributed by atoms with Crippen LogP contribution in [0, 0.1) is 0 Å². The third kappa shape index (κ3) is 8.62. The van der Waals surface area contributed by atoms with Crippen molar-refractivity contribution in [3.63, 3.8) is 0 Å². The van der Waals surface area contributed by atoms with Crippen LogP contribution in [0.4, 0.5) is 4.79 Å². The zero-order valence-electron chi connectivity index (χ0n) is 15.3. The average Bonchev–Trinajstić information content (AvgIpc) is 3.22. The van der Waals surface area contributed by atoms with Crippen molar-refractivity contribution in [2.24, 2.45) is 0 Å². The first kappa shape index (κ1) is 19.3. The molecule has 0 heterocycles. The maximum Gasteiger partial charge on any atom is 0.410 e. The molecular weight excluding hydrogens is 276 g/mol. The molecule has 1 amide bonds. The van der Waals surface area contributed by atoms with Gasteiger partial charge in [0, 0.05) is 25.2 Å². The van der Waals surface area contributed by atoms with Crippen molar-refractivity contribution in [3.8, 4) is 0 Å². The zero-order valence-corrected chi connectivity index (χ0v) is 15.3. The number of nitrogens with zero attached hydrogens (tertiary/aromatic N) is 1. The predicted octanol–water partition coefficient (Wildman–Crippen LogP) is 4.33. The van der Waals surface area contributed by atoms with E-state index in [2.05, 4.69) is 19.2 Å². The van der Waals surface area contributed by atoms with E-state index >= 15 is 0 Å². The fourth-order valence-electron chi connectivity index (χ4n) is 2.54. The van der Waals surface area contributed by atoms with Crippen LogP contribution in [0.2, 0.25) is 0 Å². The van der Waals surface area contributed by atoms with Crippen LogP contribution in [-0.4, -0.2) is 41.8 Å². The SMILES string of the molecule is CCCCCCC(C)NCCN(C(=O)OC(C)(C)C)C1CC1. The van der Waals surface area contributed by atoms with Gasteiger partial charge in [0.2, 0.25) is 0 Å². The Hall–Kier alpha value is -0.770. The van der Waals surface area contributed by atoms with Gasteiger partial charge in [-0.05, 0) is 47.0 Å². The summed E-state index contributed by atoms with van der Waals surface area (Å²) in [6, 6.07) is 0.924. The van der Waals surface area contributed by atoms with Crippen LogP contribution < -0.4 is 5.32 Å². The zero-order chi connectivity index (χ0) is 16.6. The molecular formula is C18H36N2O2. The fraction of sp³-hybridized carbons (Fsp3) is 0.944. The van der Waals surface area contributed by atoms with Gasteiger partial charge >= 0.3 is 6.09 Å². The van der Waals surface area contributed by atoms with Crippen LogP contribution in [0.25, 0.3) is 0 Å². The molecule has 1 saturated carbocycles. The Morgan fingerprint density at radius 2 is 1.95 bits per heavy atom. The summed E-state index contributed by atoms with van der Waals surface area (Å²) in [7, 11) is 0. The highest BCUT2D eigenvalue weighted by molar-refractivity contribution is 5.69. The van der Waals surface area contributed by atoms with Crippen LogP contribution in [-0.2, 0) is 4.74 Å². The first-order chi connectivity index (χ1) is 10.3. The van der Waals surface area contributed by atoms with Crippen molar-refractivity contribution < 1.29 is 9.53 Å². The highest BCUT2D eigenvalue weighted by atomic mass is 16.6. The summed E-state index contributed by atoms with van der Waals surface area (Å²) in [4.78, 5) is 14.1. The minimum Gasteiger partial charge on any atom is -0.444 e. The molecule has 0 aliphatic heterocycles. The van der Waals surface area contributed by atoms with Crippen molar-refractivity contribution >= 4 is 6.09 Å². The molecule has 0 radical (unpaired) electrons. The number of carbonyl (C=O) groups excluding carboxylic acids is 1. The van der Waals surface area contributed by atoms with Gasteiger partial charge in [-0.3, -0.25) is 0 Å². The summed E-state index contributed by atoms with van der Waals surface area (Å²) in [6.45, 7) is 11.8. The molecule has 0 aromatic heterocycles. The second kappa shape index (κ2) is 9.39. The molecule has 1 rings (SSSR count). The number of nitrogens with one attached hydrogen (secondary N) is 1. The third-order valence-corrected chi connectivity index (χ3v) is 3.95. The van der Waals surface area contributed by atoms with Crippen molar-refractivity contribution in [1.82, 2.24) is 10.2 Å². The largest absolute Gasteiger partial charge is 0.444 e. The number of ether oxygens (including phenoxy) is 1. The average molecular weight is 312 g/mol. The fourth-order valence-corrected chi connectivity index (χ4v) is 2.54. The van der Waals surface area contributed by atoms with Crippen molar-refractivity contribution in [1.29, 1.82) is 0 Å². The lowest BCUT2D eigenvalue weighted by atomic mass is 10.1. The minimum absolute atomic E-state index is 0.160. The lowest BCUT2D eigenvalue weighted by Gasteiger charge is -2.28. The lowest BCUT2D eigenvalue weighted by molar-refractivity contribution is 0.0234. The molecule has 4 heteroatoms. The molecule has 130 valence electrons. The standard InChI is InChI=1S/C18H36N2O2/c1-6-7-8-9-10-15(2)19-13-14-20(16-11-12-16)17(21)22-18(3,4)5/h15-16,19H,6-14H2,1-5H3. The molecule has 0 aromatic rings. The molecule has 0 bridgehead atoms. The number of hydrogen-bond donors (Lipinski definition) is 1. The van der Waals surface area contributed by atoms with Gasteiger partial charge in [-0.1, -0.05) is 32.6 Å². The quantitative estimate of drug-likeness (QED) is 0.610. The van der Waals surface area contributed by atoms with Gasteiger partial charge in [0.15, 0.2) is 0 Å². The minimum atomic E-state index is -0.412. The maximum absolute atomic E-state index is 12.2. The number of amides is 1. The van der Waals surface area contributed by atoms with Gasteiger partial charge in [-0.2, -0.15) is 0 Å². The molecule has 1 unspecified atom stereocenters. The normalized spacial score (nSPS) is 16.4. The molecule has 0 aromatic carbocycles. The third-order valence-electron chi connectivity index (χ3n) is 3.95. The van der Waals surface area contributed by atoms with E-state index in [9.17, 15) is 4.79 Å². The molecule has 1 fully saturated rings. The van der Waals surface area contributed by atoms with E-state index in [0.29, 0.717) is 12.1 Å². The monoisotopic (exact) mass is 312 g/mol. The van der Waals surface area contributed by atoms with E-state index in [1.165, 1.54) is 32.1 Å². The number of unbranched alkanes of at least 4 members (excludes halogenated alkanes) is 3. The second-order valence-electron chi connectivity index (χ2n) is 7.61. The van der Waals surface area contributed by atoms with Gasteiger partial charge in [-0.15, -0.1) is 0 Å². The van der Waals surface area contributed by atoms with Gasteiger partial charge in [0.05, 0.1) is 0 Å². The Balaban J connectivity index is 2.23. The Morgan fingerprint density at radius 3 is 2.50 bits per heavy atom. The lowest BCUT2D eigenvalue weighted by Crippen LogP contribution is -2.43. The summed E-state index contributed by atoms with van der Waals surface area (Å²) in [5.41, 5.74) is -0.412. The van der Waals surface area contributed by atoms with E-state index in [0.717, 1.165) is 25.9 Å². The van der Waals surface area contributed by atoms with Crippen molar-refractivity contribution in [3.05, 3.63) is 0 Å². The first-order valence-electron chi connectivity index (χ1n) is 9.06. The van der Waals surface area contributed by atoms with Crippen LogP contribution in [0.1, 0.15) is 79.6 Å². The molecule has 1 aliphatic rings. The second-order valence-corrected chi connectivity index (χ2v) is 7.61. The Bertz CT molecular complexity index is 322. The molecule has 1 N–H and O–H groups in total. The summed E-state index contributed by atoms with van der Waals surface area (Å²) in [5.74, 6) is 0. The molecule has 1 atom stereocenters. The van der Waals surface area contributed by atoms with E-state index in [4.69, 9.17) is 4.74 Å². The first-order valence-corrected chi connectivity index (χ1v) is 9.06. The van der Waals surface area contributed by atoms with Gasteiger partial charge in [0.25, 0.3) is 0 Å². The molecule has 22 heavy (non-hydrogen) atoms. The Morgan fingerprint density at radius 1 is 1.27 bits per heavy atom. The van der Waals surface area contributed by atoms with Gasteiger partial charge in [-0.25, -0.2) is 4.79 Å².